The lowest BCUT2D eigenvalue weighted by Gasteiger charge is -2.02. The molecule has 1 fully saturated rings. The zero-order valence-corrected chi connectivity index (χ0v) is 9.61. The summed E-state index contributed by atoms with van der Waals surface area (Å²) < 4.78 is 15.2. The first-order chi connectivity index (χ1) is 5.43. The molecule has 0 bridgehead atoms. The van der Waals surface area contributed by atoms with E-state index in [1.165, 1.54) is 25.7 Å². The topological polar surface area (TPSA) is 27.7 Å². The SMILES string of the molecule is CCCCCC[SiH]1OO[SiH2]O1. The first-order valence-corrected chi connectivity index (χ1v) is 7.24. The average Bonchev–Trinajstić information content (AvgIpc) is 2.50. The highest BCUT2D eigenvalue weighted by molar-refractivity contribution is 6.53. The summed E-state index contributed by atoms with van der Waals surface area (Å²) in [7, 11) is -1.99. The molecule has 0 N–H and O–H groups in total. The van der Waals surface area contributed by atoms with Gasteiger partial charge in [-0.3, -0.25) is 9.15 Å². The fourth-order valence-electron chi connectivity index (χ4n) is 1.10. The van der Waals surface area contributed by atoms with Crippen LogP contribution in [0.5, 0.6) is 0 Å². The van der Waals surface area contributed by atoms with Crippen LogP contribution in [0.4, 0.5) is 0 Å². The maximum Gasteiger partial charge on any atom is 0.349 e. The monoisotopic (exact) mass is 192 g/mol. The molecule has 0 saturated carbocycles. The number of hydrogen-bond donors (Lipinski definition) is 0. The summed E-state index contributed by atoms with van der Waals surface area (Å²) in [4.78, 5) is 0. The molecular formula is C6H16O3Si2. The van der Waals surface area contributed by atoms with E-state index in [1.807, 2.05) is 0 Å². The first-order valence-electron chi connectivity index (χ1n) is 4.33. The van der Waals surface area contributed by atoms with Gasteiger partial charge in [0.2, 0.25) is 0 Å². The van der Waals surface area contributed by atoms with Crippen LogP contribution >= 0.6 is 0 Å². The van der Waals surface area contributed by atoms with Crippen molar-refractivity contribution >= 4 is 19.3 Å². The third-order valence-electron chi connectivity index (χ3n) is 1.77. The summed E-state index contributed by atoms with van der Waals surface area (Å²) in [5, 5.41) is 0. The predicted octanol–water partition coefficient (Wildman–Crippen LogP) is 0.764. The van der Waals surface area contributed by atoms with Gasteiger partial charge in [0, 0.05) is 0 Å². The van der Waals surface area contributed by atoms with Crippen molar-refractivity contribution in [2.75, 3.05) is 0 Å². The Balaban J connectivity index is 1.86. The van der Waals surface area contributed by atoms with E-state index in [9.17, 15) is 0 Å². The largest absolute Gasteiger partial charge is 0.418 e. The van der Waals surface area contributed by atoms with E-state index < -0.39 is 19.3 Å². The molecule has 1 heterocycles. The van der Waals surface area contributed by atoms with E-state index in [2.05, 4.69) is 6.92 Å². The highest BCUT2D eigenvalue weighted by Gasteiger charge is 2.20. The van der Waals surface area contributed by atoms with Gasteiger partial charge in [-0.25, -0.2) is 0 Å². The van der Waals surface area contributed by atoms with Crippen LogP contribution in [0.2, 0.25) is 6.04 Å². The molecule has 1 aliphatic heterocycles. The highest BCUT2D eigenvalue weighted by Crippen LogP contribution is 2.10. The van der Waals surface area contributed by atoms with Gasteiger partial charge in [0.05, 0.1) is 0 Å². The molecule has 11 heavy (non-hydrogen) atoms. The first kappa shape index (κ1) is 9.40. The van der Waals surface area contributed by atoms with Crippen molar-refractivity contribution < 1.29 is 13.3 Å². The Labute approximate surface area is 71.9 Å². The van der Waals surface area contributed by atoms with Crippen LogP contribution < -0.4 is 0 Å². The molecule has 0 spiro atoms. The van der Waals surface area contributed by atoms with Crippen molar-refractivity contribution in [1.29, 1.82) is 0 Å². The van der Waals surface area contributed by atoms with Gasteiger partial charge >= 0.3 is 19.3 Å². The van der Waals surface area contributed by atoms with Crippen LogP contribution in [0.1, 0.15) is 32.6 Å². The van der Waals surface area contributed by atoms with Crippen LogP contribution in [-0.2, 0) is 13.3 Å². The molecule has 1 rings (SSSR count). The van der Waals surface area contributed by atoms with Gasteiger partial charge < -0.3 is 4.12 Å². The summed E-state index contributed by atoms with van der Waals surface area (Å²) in [5.74, 6) is 0. The Bertz CT molecular complexity index is 95.8. The number of unbranched alkanes of at least 4 members (excludes halogenated alkanes) is 3. The fourth-order valence-corrected chi connectivity index (χ4v) is 4.37. The normalized spacial score (nSPS) is 26.5. The summed E-state index contributed by atoms with van der Waals surface area (Å²) in [6.07, 6.45) is 5.19. The van der Waals surface area contributed by atoms with Gasteiger partial charge in [-0.05, 0) is 6.04 Å². The van der Waals surface area contributed by atoms with Crippen LogP contribution in [0.3, 0.4) is 0 Å². The molecule has 0 aromatic heterocycles. The minimum Gasteiger partial charge on any atom is -0.418 e. The van der Waals surface area contributed by atoms with Crippen LogP contribution in [-0.4, -0.2) is 19.3 Å². The molecule has 0 aromatic carbocycles. The van der Waals surface area contributed by atoms with Gasteiger partial charge in [0.15, 0.2) is 0 Å². The van der Waals surface area contributed by atoms with Gasteiger partial charge in [-0.2, -0.15) is 0 Å². The molecule has 1 atom stereocenters. The summed E-state index contributed by atoms with van der Waals surface area (Å²) >= 11 is 0. The van der Waals surface area contributed by atoms with Crippen molar-refractivity contribution in [2.24, 2.45) is 0 Å². The van der Waals surface area contributed by atoms with Crippen molar-refractivity contribution in [3.63, 3.8) is 0 Å². The van der Waals surface area contributed by atoms with Crippen molar-refractivity contribution in [2.45, 2.75) is 38.7 Å². The minimum absolute atomic E-state index is 0.704. The molecule has 1 unspecified atom stereocenters. The molecule has 0 aromatic rings. The van der Waals surface area contributed by atoms with Crippen LogP contribution in [0.15, 0.2) is 0 Å². The summed E-state index contributed by atoms with van der Waals surface area (Å²) in [6.45, 7) is 2.22. The average molecular weight is 192 g/mol. The van der Waals surface area contributed by atoms with Gasteiger partial charge in [-0.15, -0.1) is 0 Å². The third-order valence-corrected chi connectivity index (χ3v) is 5.54. The second-order valence-corrected chi connectivity index (χ2v) is 6.21. The maximum atomic E-state index is 5.37. The van der Waals surface area contributed by atoms with Gasteiger partial charge in [0.25, 0.3) is 0 Å². The van der Waals surface area contributed by atoms with E-state index in [1.54, 1.807) is 0 Å². The van der Waals surface area contributed by atoms with E-state index >= 15 is 0 Å². The van der Waals surface area contributed by atoms with Gasteiger partial charge in [0.1, 0.15) is 0 Å². The maximum absolute atomic E-state index is 5.37. The predicted molar refractivity (Wildman–Crippen MR) is 47.9 cm³/mol. The molecular weight excluding hydrogens is 176 g/mol. The van der Waals surface area contributed by atoms with Crippen molar-refractivity contribution in [1.82, 2.24) is 0 Å². The summed E-state index contributed by atoms with van der Waals surface area (Å²) in [5.41, 5.74) is 0. The molecule has 5 heteroatoms. The molecule has 0 aliphatic carbocycles. The van der Waals surface area contributed by atoms with Crippen molar-refractivity contribution in [3.05, 3.63) is 0 Å². The quantitative estimate of drug-likeness (QED) is 0.366. The second-order valence-electron chi connectivity index (χ2n) is 2.78. The van der Waals surface area contributed by atoms with E-state index in [0.717, 1.165) is 6.04 Å². The molecule has 66 valence electrons. The fraction of sp³-hybridized carbons (Fsp3) is 1.00. The lowest BCUT2D eigenvalue weighted by molar-refractivity contribution is -0.0927. The van der Waals surface area contributed by atoms with Crippen LogP contribution in [0.25, 0.3) is 0 Å². The Morgan fingerprint density at radius 1 is 1.27 bits per heavy atom. The lowest BCUT2D eigenvalue weighted by Crippen LogP contribution is -2.13. The molecule has 0 amide bonds. The molecule has 1 saturated heterocycles. The zero-order chi connectivity index (χ0) is 7.94. The third kappa shape index (κ3) is 4.02. The molecule has 1 aliphatic rings. The Hall–Kier alpha value is 0.314. The van der Waals surface area contributed by atoms with E-state index in [4.69, 9.17) is 13.3 Å². The Morgan fingerprint density at radius 3 is 2.82 bits per heavy atom. The minimum atomic E-state index is -1.28. The Morgan fingerprint density at radius 2 is 2.18 bits per heavy atom. The lowest BCUT2D eigenvalue weighted by atomic mass is 10.2. The number of hydrogen-bond acceptors (Lipinski definition) is 3. The molecule has 3 nitrogen and oxygen atoms in total. The summed E-state index contributed by atoms with van der Waals surface area (Å²) in [6, 6.07) is 1.13. The zero-order valence-electron chi connectivity index (χ0n) is 7.04. The van der Waals surface area contributed by atoms with Crippen molar-refractivity contribution in [3.8, 4) is 0 Å². The Kier molecular flexibility index (Phi) is 5.04. The standard InChI is InChI=1S/C6H16O3Si2/c1-2-3-4-5-6-11-8-7-10-9-11/h11H,2-6,10H2,1H3. The second kappa shape index (κ2) is 5.90. The van der Waals surface area contributed by atoms with Crippen LogP contribution in [0, 0.1) is 0 Å². The molecule has 0 radical (unpaired) electrons. The van der Waals surface area contributed by atoms with E-state index in [0.29, 0.717) is 0 Å². The smallest absolute Gasteiger partial charge is 0.349 e. The van der Waals surface area contributed by atoms with Gasteiger partial charge in [-0.1, -0.05) is 32.6 Å². The number of rotatable bonds is 5. The van der Waals surface area contributed by atoms with E-state index in [-0.39, 0.29) is 0 Å². The highest BCUT2D eigenvalue weighted by atomic mass is 28.4.